The molecule has 0 aliphatic heterocycles. The van der Waals surface area contributed by atoms with Crippen molar-refractivity contribution in [2.75, 3.05) is 0 Å². The second-order valence-corrected chi connectivity index (χ2v) is 3.33. The molecule has 0 saturated heterocycles. The number of nitrogens with two attached hydrogens (primary N) is 1. The maximum absolute atomic E-state index is 11.5. The third-order valence-electron chi connectivity index (χ3n) is 2.43. The number of carbonyl (C=O) groups is 1. The fraction of sp³-hybridized carbons (Fsp3) is 0.200. The summed E-state index contributed by atoms with van der Waals surface area (Å²) in [5.74, 6) is 0.255. The molecule has 2 aromatic rings. The van der Waals surface area contributed by atoms with Crippen molar-refractivity contribution in [1.29, 1.82) is 0 Å². The van der Waals surface area contributed by atoms with E-state index in [1.807, 2.05) is 0 Å². The summed E-state index contributed by atoms with van der Waals surface area (Å²) in [7, 11) is 0. The van der Waals surface area contributed by atoms with Crippen LogP contribution in [0, 0.1) is 0 Å². The van der Waals surface area contributed by atoms with Crippen molar-refractivity contribution in [1.82, 2.24) is 4.98 Å². The Labute approximate surface area is 85.9 Å². The lowest BCUT2D eigenvalue weighted by molar-refractivity contribution is -0.122. The van der Waals surface area contributed by atoms with Crippen LogP contribution in [0.5, 0.6) is 0 Å². The maximum atomic E-state index is 11.5. The summed E-state index contributed by atoms with van der Waals surface area (Å²) in [5, 5.41) is 0. The fourth-order valence-electron chi connectivity index (χ4n) is 1.39. The first-order valence-electron chi connectivity index (χ1n) is 4.38. The monoisotopic (exact) mass is 206 g/mol. The van der Waals surface area contributed by atoms with Gasteiger partial charge in [0.25, 0.3) is 0 Å². The number of primary amides is 1. The predicted octanol–water partition coefficient (Wildman–Crippen LogP) is 1.06. The van der Waals surface area contributed by atoms with Gasteiger partial charge in [0.15, 0.2) is 11.8 Å². The van der Waals surface area contributed by atoms with Crippen molar-refractivity contribution in [3.8, 4) is 0 Å². The average molecular weight is 206 g/mol. The van der Waals surface area contributed by atoms with Crippen LogP contribution in [-0.2, 0) is 10.2 Å². The topological polar surface area (TPSA) is 82.3 Å². The van der Waals surface area contributed by atoms with Crippen LogP contribution in [-0.4, -0.2) is 10.9 Å². The van der Waals surface area contributed by atoms with Crippen molar-refractivity contribution in [3.05, 3.63) is 42.5 Å². The number of amides is 1. The highest BCUT2D eigenvalue weighted by molar-refractivity contribution is 5.88. The first kappa shape index (κ1) is 9.51. The largest absolute Gasteiger partial charge is 0.468 e. The molecule has 0 saturated carbocycles. The molecule has 1 atom stereocenters. The predicted molar refractivity (Wildman–Crippen MR) is 50.9 cm³/mol. The Balaban J connectivity index is 2.56. The highest BCUT2D eigenvalue weighted by Crippen LogP contribution is 2.31. The first-order valence-corrected chi connectivity index (χ1v) is 4.38. The summed E-state index contributed by atoms with van der Waals surface area (Å²) in [4.78, 5) is 15.3. The van der Waals surface area contributed by atoms with Gasteiger partial charge in [0.1, 0.15) is 11.5 Å². The van der Waals surface area contributed by atoms with Gasteiger partial charge in [-0.25, -0.2) is 4.98 Å². The van der Waals surface area contributed by atoms with E-state index in [4.69, 9.17) is 14.6 Å². The molecule has 2 N–H and O–H groups in total. The Bertz CT molecular complexity index is 411. The number of hydrogen-bond donors (Lipinski definition) is 1. The summed E-state index contributed by atoms with van der Waals surface area (Å²) in [5.41, 5.74) is 4.26. The number of furan rings is 1. The van der Waals surface area contributed by atoms with Crippen molar-refractivity contribution < 1.29 is 13.6 Å². The Morgan fingerprint density at radius 3 is 2.73 bits per heavy atom. The molecule has 5 heteroatoms. The van der Waals surface area contributed by atoms with E-state index in [2.05, 4.69) is 4.98 Å². The van der Waals surface area contributed by atoms with Crippen molar-refractivity contribution in [2.24, 2.45) is 5.73 Å². The molecule has 0 radical (unpaired) electrons. The third kappa shape index (κ3) is 1.32. The van der Waals surface area contributed by atoms with E-state index in [0.29, 0.717) is 11.5 Å². The summed E-state index contributed by atoms with van der Waals surface area (Å²) in [6.45, 7) is 1.63. The summed E-state index contributed by atoms with van der Waals surface area (Å²) < 4.78 is 10.3. The maximum Gasteiger partial charge on any atom is 0.238 e. The molecule has 2 heterocycles. The Kier molecular flexibility index (Phi) is 2.07. The minimum atomic E-state index is -1.11. The zero-order valence-electron chi connectivity index (χ0n) is 8.14. The van der Waals surface area contributed by atoms with Gasteiger partial charge >= 0.3 is 0 Å². The molecular formula is C10H10N2O3. The minimum absolute atomic E-state index is 0.366. The standard InChI is InChI=1S/C10H10N2O3/c1-10(9(11)13,7-3-2-4-14-7)8-5-12-6-15-8/h2-6H,1H3,(H2,11,13). The van der Waals surface area contributed by atoms with E-state index in [9.17, 15) is 4.79 Å². The average Bonchev–Trinajstić information content (AvgIpc) is 2.89. The molecular weight excluding hydrogens is 196 g/mol. The van der Waals surface area contributed by atoms with Crippen LogP contribution in [0.15, 0.2) is 39.8 Å². The highest BCUT2D eigenvalue weighted by Gasteiger charge is 2.41. The second-order valence-electron chi connectivity index (χ2n) is 3.33. The number of rotatable bonds is 3. The summed E-state index contributed by atoms with van der Waals surface area (Å²) in [6, 6.07) is 3.36. The molecule has 0 bridgehead atoms. The Hall–Kier alpha value is -2.04. The van der Waals surface area contributed by atoms with Crippen molar-refractivity contribution >= 4 is 5.91 Å². The fourth-order valence-corrected chi connectivity index (χ4v) is 1.39. The van der Waals surface area contributed by atoms with E-state index in [1.165, 1.54) is 18.9 Å². The molecule has 0 spiro atoms. The smallest absolute Gasteiger partial charge is 0.238 e. The lowest BCUT2D eigenvalue weighted by Crippen LogP contribution is -2.38. The summed E-state index contributed by atoms with van der Waals surface area (Å²) in [6.07, 6.45) is 4.18. The number of nitrogens with zero attached hydrogens (tertiary/aromatic N) is 1. The third-order valence-corrected chi connectivity index (χ3v) is 2.43. The van der Waals surface area contributed by atoms with E-state index in [-0.39, 0.29) is 0 Å². The molecule has 1 unspecified atom stereocenters. The van der Waals surface area contributed by atoms with E-state index >= 15 is 0 Å². The molecule has 5 nitrogen and oxygen atoms in total. The molecule has 0 aromatic carbocycles. The lowest BCUT2D eigenvalue weighted by Gasteiger charge is -2.20. The number of oxazole rings is 1. The van der Waals surface area contributed by atoms with Gasteiger partial charge in [0.2, 0.25) is 5.91 Å². The van der Waals surface area contributed by atoms with Gasteiger partial charge in [-0.15, -0.1) is 0 Å². The van der Waals surface area contributed by atoms with Gasteiger partial charge in [0, 0.05) is 0 Å². The van der Waals surface area contributed by atoms with Gasteiger partial charge in [-0.3, -0.25) is 4.79 Å². The van der Waals surface area contributed by atoms with Crippen LogP contribution >= 0.6 is 0 Å². The van der Waals surface area contributed by atoms with Crippen LogP contribution in [0.3, 0.4) is 0 Å². The number of hydrogen-bond acceptors (Lipinski definition) is 4. The molecule has 2 aromatic heterocycles. The number of carbonyl (C=O) groups excluding carboxylic acids is 1. The zero-order valence-corrected chi connectivity index (χ0v) is 8.14. The van der Waals surface area contributed by atoms with E-state index in [1.54, 1.807) is 19.1 Å². The molecule has 0 aliphatic carbocycles. The van der Waals surface area contributed by atoms with Crippen LogP contribution in [0.4, 0.5) is 0 Å². The molecule has 0 aliphatic rings. The van der Waals surface area contributed by atoms with Gasteiger partial charge in [0.05, 0.1) is 12.5 Å². The van der Waals surface area contributed by atoms with Gasteiger partial charge in [-0.2, -0.15) is 0 Å². The molecule has 0 fully saturated rings. The minimum Gasteiger partial charge on any atom is -0.468 e. The first-order chi connectivity index (χ1) is 7.15. The van der Waals surface area contributed by atoms with Gasteiger partial charge in [-0.05, 0) is 19.1 Å². The number of aromatic nitrogens is 1. The normalized spacial score (nSPS) is 14.7. The van der Waals surface area contributed by atoms with Crippen LogP contribution in [0.1, 0.15) is 18.4 Å². The highest BCUT2D eigenvalue weighted by atomic mass is 16.4. The van der Waals surface area contributed by atoms with Gasteiger partial charge < -0.3 is 14.6 Å². The van der Waals surface area contributed by atoms with Crippen molar-refractivity contribution in [3.63, 3.8) is 0 Å². The van der Waals surface area contributed by atoms with E-state index in [0.717, 1.165) is 0 Å². The second kappa shape index (κ2) is 3.27. The van der Waals surface area contributed by atoms with E-state index < -0.39 is 11.3 Å². The van der Waals surface area contributed by atoms with Crippen molar-refractivity contribution in [2.45, 2.75) is 12.3 Å². The zero-order chi connectivity index (χ0) is 10.9. The lowest BCUT2D eigenvalue weighted by atomic mass is 9.84. The molecule has 15 heavy (non-hydrogen) atoms. The molecule has 2 rings (SSSR count). The molecule has 1 amide bonds. The molecule has 78 valence electrons. The quantitative estimate of drug-likeness (QED) is 0.813. The summed E-state index contributed by atoms with van der Waals surface area (Å²) >= 11 is 0. The van der Waals surface area contributed by atoms with Gasteiger partial charge in [-0.1, -0.05) is 0 Å². The Morgan fingerprint density at radius 2 is 2.27 bits per heavy atom. The SMILES string of the molecule is CC(C(N)=O)(c1ccco1)c1cnco1. The van der Waals surface area contributed by atoms with Crippen LogP contribution in [0.2, 0.25) is 0 Å². The Morgan fingerprint density at radius 1 is 1.47 bits per heavy atom. The van der Waals surface area contributed by atoms with Crippen LogP contribution < -0.4 is 5.73 Å². The van der Waals surface area contributed by atoms with Crippen LogP contribution in [0.25, 0.3) is 0 Å².